The van der Waals surface area contributed by atoms with Crippen molar-refractivity contribution in [2.24, 2.45) is 0 Å². The summed E-state index contributed by atoms with van der Waals surface area (Å²) in [5, 5.41) is 54.1. The van der Waals surface area contributed by atoms with Gasteiger partial charge in [0.1, 0.15) is 24.4 Å². The van der Waals surface area contributed by atoms with E-state index >= 15 is 0 Å². The first-order valence-electron chi connectivity index (χ1n) is 19.9. The smallest absolute Gasteiger partial charge is 0.220 e. The first-order chi connectivity index (χ1) is 23.3. The van der Waals surface area contributed by atoms with E-state index in [1.54, 1.807) is 0 Å². The van der Waals surface area contributed by atoms with Crippen LogP contribution in [0.15, 0.2) is 12.2 Å². The van der Waals surface area contributed by atoms with Crippen molar-refractivity contribution in [3.63, 3.8) is 0 Å². The summed E-state index contributed by atoms with van der Waals surface area (Å²) in [4.78, 5) is 12.9. The molecule has 7 unspecified atom stereocenters. The molecule has 9 heteroatoms. The Morgan fingerprint density at radius 3 is 1.73 bits per heavy atom. The maximum Gasteiger partial charge on any atom is 0.220 e. The van der Waals surface area contributed by atoms with E-state index < -0.39 is 49.5 Å². The van der Waals surface area contributed by atoms with Gasteiger partial charge in [-0.15, -0.1) is 0 Å². The van der Waals surface area contributed by atoms with Crippen LogP contribution in [0.25, 0.3) is 0 Å². The molecule has 1 amide bonds. The molecule has 0 aromatic carbocycles. The van der Waals surface area contributed by atoms with Crippen molar-refractivity contribution >= 4 is 5.91 Å². The number of amides is 1. The summed E-state index contributed by atoms with van der Waals surface area (Å²) in [6.45, 7) is 3.78. The number of unbranched alkanes of at least 4 members (excludes halogenated alkanes) is 20. The van der Waals surface area contributed by atoms with Crippen LogP contribution in [0.2, 0.25) is 0 Å². The minimum atomic E-state index is -1.55. The zero-order chi connectivity index (χ0) is 35.2. The number of allylic oxidation sites excluding steroid dienone is 2. The topological polar surface area (TPSA) is 149 Å². The lowest BCUT2D eigenvalue weighted by Crippen LogP contribution is -2.60. The van der Waals surface area contributed by atoms with E-state index in [1.165, 1.54) is 96.3 Å². The summed E-state index contributed by atoms with van der Waals surface area (Å²) in [7, 11) is 0. The fourth-order valence-electron chi connectivity index (χ4n) is 6.33. The number of aliphatic hydroxyl groups excluding tert-OH is 5. The van der Waals surface area contributed by atoms with E-state index in [2.05, 4.69) is 31.3 Å². The van der Waals surface area contributed by atoms with Gasteiger partial charge < -0.3 is 40.3 Å². The molecule has 1 rings (SSSR count). The van der Waals surface area contributed by atoms with Gasteiger partial charge in [0.15, 0.2) is 6.29 Å². The van der Waals surface area contributed by atoms with Crippen LogP contribution in [0.5, 0.6) is 0 Å². The first-order valence-corrected chi connectivity index (χ1v) is 19.9. The molecule has 6 N–H and O–H groups in total. The second kappa shape index (κ2) is 30.7. The fourth-order valence-corrected chi connectivity index (χ4v) is 6.33. The van der Waals surface area contributed by atoms with Crippen molar-refractivity contribution in [1.82, 2.24) is 5.32 Å². The molecule has 1 fully saturated rings. The average molecular weight is 686 g/mol. The number of hydrogen-bond acceptors (Lipinski definition) is 8. The van der Waals surface area contributed by atoms with Crippen LogP contribution >= 0.6 is 0 Å². The number of nitrogens with one attached hydrogen (secondary N) is 1. The highest BCUT2D eigenvalue weighted by Gasteiger charge is 2.44. The number of aliphatic hydroxyl groups is 5. The van der Waals surface area contributed by atoms with E-state index in [9.17, 15) is 30.3 Å². The van der Waals surface area contributed by atoms with Crippen LogP contribution in [-0.2, 0) is 14.3 Å². The van der Waals surface area contributed by atoms with Gasteiger partial charge >= 0.3 is 0 Å². The van der Waals surface area contributed by atoms with Gasteiger partial charge in [0.05, 0.1) is 25.4 Å². The van der Waals surface area contributed by atoms with Crippen molar-refractivity contribution < 1.29 is 39.8 Å². The van der Waals surface area contributed by atoms with E-state index in [-0.39, 0.29) is 12.5 Å². The summed E-state index contributed by atoms with van der Waals surface area (Å²) in [6.07, 6.45) is 25.0. The van der Waals surface area contributed by atoms with Gasteiger partial charge in [-0.3, -0.25) is 4.79 Å². The lowest BCUT2D eigenvalue weighted by Gasteiger charge is -2.40. The van der Waals surface area contributed by atoms with Gasteiger partial charge in [-0.25, -0.2) is 0 Å². The van der Waals surface area contributed by atoms with Crippen LogP contribution in [0.1, 0.15) is 174 Å². The van der Waals surface area contributed by atoms with Crippen molar-refractivity contribution in [2.45, 2.75) is 217 Å². The van der Waals surface area contributed by atoms with Crippen LogP contribution in [0.3, 0.4) is 0 Å². The van der Waals surface area contributed by atoms with Crippen LogP contribution in [-0.4, -0.2) is 87.5 Å². The molecule has 7 atom stereocenters. The monoisotopic (exact) mass is 686 g/mol. The molecule has 0 spiro atoms. The van der Waals surface area contributed by atoms with Crippen molar-refractivity contribution in [1.29, 1.82) is 0 Å². The van der Waals surface area contributed by atoms with Crippen molar-refractivity contribution in [3.8, 4) is 0 Å². The Morgan fingerprint density at radius 2 is 1.17 bits per heavy atom. The maximum absolute atomic E-state index is 12.9. The molecule has 9 nitrogen and oxygen atoms in total. The summed E-state index contributed by atoms with van der Waals surface area (Å²) in [6, 6.07) is -0.716. The lowest BCUT2D eigenvalue weighted by molar-refractivity contribution is -0.302. The Hall–Kier alpha value is -1.07. The van der Waals surface area contributed by atoms with Crippen LogP contribution in [0.4, 0.5) is 0 Å². The first kappa shape index (κ1) is 45.0. The van der Waals surface area contributed by atoms with Gasteiger partial charge in [0.2, 0.25) is 5.91 Å². The second-order valence-corrected chi connectivity index (χ2v) is 14.1. The Labute approximate surface area is 293 Å². The van der Waals surface area contributed by atoms with Crippen molar-refractivity contribution in [3.05, 3.63) is 12.2 Å². The fraction of sp³-hybridized carbons (Fsp3) is 0.923. The lowest BCUT2D eigenvalue weighted by atomic mass is 9.99. The number of carbonyl (C=O) groups excluding carboxylic acids is 1. The number of hydrogen-bond donors (Lipinski definition) is 6. The normalized spacial score (nSPS) is 22.7. The molecule has 0 aromatic rings. The maximum atomic E-state index is 12.9. The molecule has 1 heterocycles. The minimum absolute atomic E-state index is 0.139. The zero-order valence-corrected chi connectivity index (χ0v) is 30.7. The van der Waals surface area contributed by atoms with Gasteiger partial charge in [-0.05, 0) is 38.5 Å². The Bertz CT molecular complexity index is 766. The third-order valence-corrected chi connectivity index (χ3v) is 9.62. The third-order valence-electron chi connectivity index (χ3n) is 9.62. The van der Waals surface area contributed by atoms with Crippen molar-refractivity contribution in [2.75, 3.05) is 13.2 Å². The predicted octanol–water partition coefficient (Wildman–Crippen LogP) is 7.00. The second-order valence-electron chi connectivity index (χ2n) is 14.1. The quantitative estimate of drug-likeness (QED) is 0.0328. The van der Waals surface area contributed by atoms with E-state index in [1.807, 2.05) is 0 Å². The Balaban J connectivity index is 2.42. The van der Waals surface area contributed by atoms with Gasteiger partial charge in [-0.1, -0.05) is 142 Å². The molecule has 0 aromatic heterocycles. The van der Waals surface area contributed by atoms with E-state index in [0.717, 1.165) is 51.4 Å². The molecule has 0 bridgehead atoms. The van der Waals surface area contributed by atoms with Gasteiger partial charge in [0.25, 0.3) is 0 Å². The summed E-state index contributed by atoms with van der Waals surface area (Å²) >= 11 is 0. The molecular weight excluding hydrogens is 610 g/mol. The molecule has 0 radical (unpaired) electrons. The Morgan fingerprint density at radius 1 is 0.688 bits per heavy atom. The summed E-state index contributed by atoms with van der Waals surface area (Å²) in [5.74, 6) is -0.156. The third kappa shape index (κ3) is 21.9. The van der Waals surface area contributed by atoms with Gasteiger partial charge in [0, 0.05) is 6.42 Å². The molecule has 284 valence electrons. The highest BCUT2D eigenvalue weighted by atomic mass is 16.7. The van der Waals surface area contributed by atoms with E-state index in [0.29, 0.717) is 12.8 Å². The average Bonchev–Trinajstić information content (AvgIpc) is 3.08. The van der Waals surface area contributed by atoms with Gasteiger partial charge in [-0.2, -0.15) is 0 Å². The molecule has 1 saturated heterocycles. The number of rotatable bonds is 32. The zero-order valence-electron chi connectivity index (χ0n) is 30.7. The SMILES string of the molecule is CCCCC/C=C\CCCCCCCC(=O)NC(COC1OC(CO)C(O)C(O)C1O)C(O)CCCCCCCCCCCCCCC. The molecule has 48 heavy (non-hydrogen) atoms. The molecule has 0 aliphatic carbocycles. The molecular formula is C39H75NO8. The predicted molar refractivity (Wildman–Crippen MR) is 194 cm³/mol. The molecule has 0 saturated carbocycles. The molecule has 1 aliphatic rings. The molecule has 1 aliphatic heterocycles. The number of carbonyl (C=O) groups is 1. The highest BCUT2D eigenvalue weighted by molar-refractivity contribution is 5.76. The minimum Gasteiger partial charge on any atom is -0.394 e. The Kier molecular flexibility index (Phi) is 28.8. The summed E-state index contributed by atoms with van der Waals surface area (Å²) < 4.78 is 11.2. The van der Waals surface area contributed by atoms with E-state index in [4.69, 9.17) is 9.47 Å². The van der Waals surface area contributed by atoms with Crippen LogP contribution < -0.4 is 5.32 Å². The highest BCUT2D eigenvalue weighted by Crippen LogP contribution is 2.23. The standard InChI is InChI=1S/C39H75NO8/c1-3-5-7-9-11-13-15-17-18-20-22-24-26-28-33(42)32(31-47-39-38(46)37(45)36(44)34(30-41)48-39)40-35(43)29-27-25-23-21-19-16-14-12-10-8-6-4-2/h12,14,32-34,36-39,41-42,44-46H,3-11,13,15-31H2,1-2H3,(H,40,43)/b14-12-. The largest absolute Gasteiger partial charge is 0.394 e. The number of ether oxygens (including phenoxy) is 2. The van der Waals surface area contributed by atoms with Crippen LogP contribution in [0, 0.1) is 0 Å². The summed E-state index contributed by atoms with van der Waals surface area (Å²) in [5.41, 5.74) is 0.